The number of benzene rings is 2. The average molecular weight is 380 g/mol. The van der Waals surface area contributed by atoms with E-state index in [0.717, 1.165) is 16.1 Å². The minimum Gasteiger partial charge on any atom is -0.463 e. The van der Waals surface area contributed by atoms with Gasteiger partial charge in [-0.2, -0.15) is 14.9 Å². The van der Waals surface area contributed by atoms with Gasteiger partial charge in [-0.1, -0.05) is 0 Å². The van der Waals surface area contributed by atoms with Crippen molar-refractivity contribution in [3.63, 3.8) is 0 Å². The fourth-order valence-corrected chi connectivity index (χ4v) is 3.02. The Hall–Kier alpha value is -3.59. The second kappa shape index (κ2) is 6.86. The first-order valence-corrected chi connectivity index (χ1v) is 8.51. The number of hydrogen-bond donors (Lipinski definition) is 2. The molecule has 9 heteroatoms. The number of halogens is 1. The molecule has 0 aliphatic carbocycles. The van der Waals surface area contributed by atoms with Crippen molar-refractivity contribution in [3.8, 4) is 22.6 Å². The highest BCUT2D eigenvalue weighted by Crippen LogP contribution is 2.31. The molecule has 0 unspecified atom stereocenters. The van der Waals surface area contributed by atoms with Crippen molar-refractivity contribution in [1.82, 2.24) is 29.9 Å². The molecule has 0 atom stereocenters. The highest BCUT2D eigenvalue weighted by molar-refractivity contribution is 5.99. The SMILES string of the molecule is CN(C)Cc1nc(-c2ccc3c(c2)c(-c2ccc(F)cc2)nn3C(=O)O)n[nH]1. The zero-order chi connectivity index (χ0) is 19.8. The van der Waals surface area contributed by atoms with Crippen LogP contribution in [0.25, 0.3) is 33.5 Å². The molecule has 0 amide bonds. The van der Waals surface area contributed by atoms with Crippen LogP contribution in [0.3, 0.4) is 0 Å². The van der Waals surface area contributed by atoms with Crippen LogP contribution in [-0.2, 0) is 6.54 Å². The van der Waals surface area contributed by atoms with E-state index in [1.807, 2.05) is 19.0 Å². The smallest absolute Gasteiger partial charge is 0.432 e. The maximum atomic E-state index is 13.3. The number of carboxylic acid groups (broad SMARTS) is 1. The molecule has 142 valence electrons. The van der Waals surface area contributed by atoms with Gasteiger partial charge in [-0.25, -0.2) is 14.2 Å². The number of nitrogens with zero attached hydrogens (tertiary/aromatic N) is 5. The number of aromatic nitrogens is 5. The molecule has 28 heavy (non-hydrogen) atoms. The fraction of sp³-hybridized carbons (Fsp3) is 0.158. The Morgan fingerprint density at radius 2 is 1.89 bits per heavy atom. The Morgan fingerprint density at radius 1 is 1.18 bits per heavy atom. The first-order valence-electron chi connectivity index (χ1n) is 8.51. The van der Waals surface area contributed by atoms with Crippen LogP contribution in [0, 0.1) is 5.82 Å². The normalized spacial score (nSPS) is 11.4. The molecule has 2 heterocycles. The summed E-state index contributed by atoms with van der Waals surface area (Å²) in [5, 5.41) is 21.4. The molecule has 0 bridgehead atoms. The minimum absolute atomic E-state index is 0.374. The maximum Gasteiger partial charge on any atom is 0.432 e. The molecular formula is C19H17FN6O2. The number of hydrogen-bond acceptors (Lipinski definition) is 5. The minimum atomic E-state index is -1.20. The van der Waals surface area contributed by atoms with Gasteiger partial charge in [0.25, 0.3) is 0 Å². The molecule has 0 radical (unpaired) electrons. The monoisotopic (exact) mass is 380 g/mol. The lowest BCUT2D eigenvalue weighted by Gasteiger charge is -2.04. The van der Waals surface area contributed by atoms with Gasteiger partial charge in [0.1, 0.15) is 17.3 Å². The van der Waals surface area contributed by atoms with E-state index in [1.54, 1.807) is 30.3 Å². The predicted molar refractivity (Wildman–Crippen MR) is 101 cm³/mol. The highest BCUT2D eigenvalue weighted by atomic mass is 19.1. The number of rotatable bonds is 4. The lowest BCUT2D eigenvalue weighted by Crippen LogP contribution is -2.11. The van der Waals surface area contributed by atoms with Crippen molar-refractivity contribution in [1.29, 1.82) is 0 Å². The number of aromatic amines is 1. The summed E-state index contributed by atoms with van der Waals surface area (Å²) in [5.74, 6) is 0.854. The van der Waals surface area contributed by atoms with E-state index >= 15 is 0 Å². The lowest BCUT2D eigenvalue weighted by molar-refractivity contribution is 0.194. The summed E-state index contributed by atoms with van der Waals surface area (Å²) in [4.78, 5) is 18.0. The zero-order valence-corrected chi connectivity index (χ0v) is 15.2. The number of fused-ring (bicyclic) bond motifs is 1. The largest absolute Gasteiger partial charge is 0.463 e. The highest BCUT2D eigenvalue weighted by Gasteiger charge is 2.18. The number of nitrogens with one attached hydrogen (secondary N) is 1. The van der Waals surface area contributed by atoms with Crippen molar-refractivity contribution >= 4 is 17.0 Å². The molecule has 2 aromatic carbocycles. The van der Waals surface area contributed by atoms with Crippen LogP contribution in [0.4, 0.5) is 9.18 Å². The van der Waals surface area contributed by atoms with Gasteiger partial charge in [-0.3, -0.25) is 5.10 Å². The zero-order valence-electron chi connectivity index (χ0n) is 15.2. The predicted octanol–water partition coefficient (Wildman–Crippen LogP) is 3.22. The van der Waals surface area contributed by atoms with E-state index in [9.17, 15) is 14.3 Å². The first-order chi connectivity index (χ1) is 13.4. The van der Waals surface area contributed by atoms with Gasteiger partial charge in [0.15, 0.2) is 5.82 Å². The summed E-state index contributed by atoms with van der Waals surface area (Å²) >= 11 is 0. The van der Waals surface area contributed by atoms with Crippen LogP contribution in [0.2, 0.25) is 0 Å². The molecule has 4 aromatic rings. The molecule has 4 rings (SSSR count). The van der Waals surface area contributed by atoms with E-state index < -0.39 is 6.09 Å². The van der Waals surface area contributed by atoms with E-state index in [4.69, 9.17) is 0 Å². The second-order valence-corrected chi connectivity index (χ2v) is 6.63. The van der Waals surface area contributed by atoms with Gasteiger partial charge < -0.3 is 10.0 Å². The van der Waals surface area contributed by atoms with E-state index in [-0.39, 0.29) is 5.82 Å². The summed E-state index contributed by atoms with van der Waals surface area (Å²) in [6.07, 6.45) is -1.20. The Kier molecular flexibility index (Phi) is 4.36. The molecule has 2 N–H and O–H groups in total. The van der Waals surface area contributed by atoms with Gasteiger partial charge in [0.05, 0.1) is 12.1 Å². The summed E-state index contributed by atoms with van der Waals surface area (Å²) in [6, 6.07) is 11.0. The van der Waals surface area contributed by atoms with Crippen molar-refractivity contribution < 1.29 is 14.3 Å². The number of carbonyl (C=O) groups is 1. The van der Waals surface area contributed by atoms with Crippen molar-refractivity contribution in [3.05, 3.63) is 54.1 Å². The molecule has 0 saturated carbocycles. The van der Waals surface area contributed by atoms with Gasteiger partial charge in [-0.15, -0.1) is 0 Å². The Balaban J connectivity index is 1.85. The van der Waals surface area contributed by atoms with Gasteiger partial charge in [0.2, 0.25) is 0 Å². The molecule has 2 aromatic heterocycles. The Labute approximate surface area is 159 Å². The first kappa shape index (κ1) is 17.8. The topological polar surface area (TPSA) is 99.9 Å². The summed E-state index contributed by atoms with van der Waals surface area (Å²) in [7, 11) is 3.87. The molecule has 8 nitrogen and oxygen atoms in total. The van der Waals surface area contributed by atoms with Gasteiger partial charge >= 0.3 is 6.09 Å². The van der Waals surface area contributed by atoms with Crippen molar-refractivity contribution in [2.75, 3.05) is 14.1 Å². The fourth-order valence-electron chi connectivity index (χ4n) is 3.02. The molecule has 0 aliphatic heterocycles. The number of H-pyrrole nitrogens is 1. The van der Waals surface area contributed by atoms with Crippen LogP contribution < -0.4 is 0 Å². The van der Waals surface area contributed by atoms with Crippen LogP contribution in [-0.4, -0.2) is 55.2 Å². The third kappa shape index (κ3) is 3.23. The summed E-state index contributed by atoms with van der Waals surface area (Å²) < 4.78 is 14.2. The third-order valence-electron chi connectivity index (χ3n) is 4.23. The Bertz CT molecular complexity index is 1160. The quantitative estimate of drug-likeness (QED) is 0.564. The van der Waals surface area contributed by atoms with Gasteiger partial charge in [0, 0.05) is 16.5 Å². The lowest BCUT2D eigenvalue weighted by atomic mass is 10.1. The molecule has 0 aliphatic rings. The summed E-state index contributed by atoms with van der Waals surface area (Å²) in [5.41, 5.74) is 2.22. The van der Waals surface area contributed by atoms with Crippen LogP contribution in [0.15, 0.2) is 42.5 Å². The van der Waals surface area contributed by atoms with Crippen molar-refractivity contribution in [2.24, 2.45) is 0 Å². The molecule has 0 spiro atoms. The Morgan fingerprint density at radius 3 is 2.57 bits per heavy atom. The third-order valence-corrected chi connectivity index (χ3v) is 4.23. The molecule has 0 fully saturated rings. The van der Waals surface area contributed by atoms with E-state index in [0.29, 0.717) is 34.5 Å². The molecule has 0 saturated heterocycles. The molecular weight excluding hydrogens is 363 g/mol. The van der Waals surface area contributed by atoms with Crippen molar-refractivity contribution in [2.45, 2.75) is 6.54 Å². The van der Waals surface area contributed by atoms with E-state index in [1.165, 1.54) is 12.1 Å². The van der Waals surface area contributed by atoms with Crippen LogP contribution in [0.5, 0.6) is 0 Å². The average Bonchev–Trinajstić information content (AvgIpc) is 3.26. The standard InChI is InChI=1S/C19H17FN6O2/c1-25(2)10-16-21-18(23-22-16)12-5-8-15-14(9-12)17(24-26(15)19(27)28)11-3-6-13(20)7-4-11/h3-9H,10H2,1-2H3,(H,27,28)(H,21,22,23). The van der Waals surface area contributed by atoms with E-state index in [2.05, 4.69) is 20.3 Å². The van der Waals surface area contributed by atoms with Crippen LogP contribution >= 0.6 is 0 Å². The van der Waals surface area contributed by atoms with Crippen LogP contribution in [0.1, 0.15) is 5.82 Å². The maximum absolute atomic E-state index is 13.3. The second-order valence-electron chi connectivity index (χ2n) is 6.63. The summed E-state index contributed by atoms with van der Waals surface area (Å²) in [6.45, 7) is 0.618. The van der Waals surface area contributed by atoms with Gasteiger partial charge in [-0.05, 0) is 56.6 Å².